The van der Waals surface area contributed by atoms with E-state index in [1.54, 1.807) is 39.5 Å². The Labute approximate surface area is 213 Å². The molecule has 0 aromatic heterocycles. The third kappa shape index (κ3) is 7.83. The van der Waals surface area contributed by atoms with E-state index in [1.165, 1.54) is 4.90 Å². The molecule has 11 heteroatoms. The summed E-state index contributed by atoms with van der Waals surface area (Å²) in [6.07, 6.45) is 0.823. The van der Waals surface area contributed by atoms with Crippen LogP contribution in [0.4, 0.5) is 4.79 Å². The van der Waals surface area contributed by atoms with Crippen molar-refractivity contribution in [3.05, 3.63) is 0 Å². The van der Waals surface area contributed by atoms with E-state index in [1.807, 2.05) is 13.8 Å². The van der Waals surface area contributed by atoms with Crippen LogP contribution in [-0.2, 0) is 33.4 Å². The zero-order chi connectivity index (χ0) is 27.2. The minimum Gasteiger partial charge on any atom is -0.464 e. The van der Waals surface area contributed by atoms with Crippen LogP contribution in [0.5, 0.6) is 0 Å². The molecule has 2 aliphatic heterocycles. The number of alkyl carbamates (subject to hydrolysis) is 1. The largest absolute Gasteiger partial charge is 0.464 e. The fraction of sp³-hybridized carbons (Fsp3) is 0.800. The summed E-state index contributed by atoms with van der Waals surface area (Å²) in [4.78, 5) is 66.6. The Kier molecular flexibility index (Phi) is 10.1. The molecule has 0 spiro atoms. The summed E-state index contributed by atoms with van der Waals surface area (Å²) in [7, 11) is 0. The van der Waals surface area contributed by atoms with Gasteiger partial charge in [0.15, 0.2) is 12.1 Å². The van der Waals surface area contributed by atoms with Gasteiger partial charge in [0.05, 0.1) is 19.1 Å². The maximum Gasteiger partial charge on any atom is 0.408 e. The lowest BCUT2D eigenvalue weighted by atomic mass is 9.95. The number of ether oxygens (including phenoxy) is 3. The van der Waals surface area contributed by atoms with Crippen molar-refractivity contribution in [2.75, 3.05) is 26.3 Å². The van der Waals surface area contributed by atoms with Gasteiger partial charge in [0, 0.05) is 13.1 Å². The molecule has 2 saturated heterocycles. The number of amides is 3. The first-order valence-electron chi connectivity index (χ1n) is 12.7. The molecular formula is C25H41N3O8. The molecule has 36 heavy (non-hydrogen) atoms. The maximum atomic E-state index is 13.4. The number of hydrogen-bond donors (Lipinski definition) is 1. The van der Waals surface area contributed by atoms with Crippen molar-refractivity contribution < 1.29 is 38.2 Å². The summed E-state index contributed by atoms with van der Waals surface area (Å²) in [5.74, 6) is -2.42. The first kappa shape index (κ1) is 29.4. The number of nitrogens with zero attached hydrogens (tertiary/aromatic N) is 2. The van der Waals surface area contributed by atoms with Crippen LogP contribution in [0.15, 0.2) is 0 Å². The molecule has 0 radical (unpaired) electrons. The second-order valence-electron chi connectivity index (χ2n) is 10.6. The van der Waals surface area contributed by atoms with Crippen molar-refractivity contribution in [1.82, 2.24) is 15.1 Å². The third-order valence-corrected chi connectivity index (χ3v) is 5.90. The Morgan fingerprint density at radius 1 is 0.972 bits per heavy atom. The normalized spacial score (nSPS) is 22.5. The van der Waals surface area contributed by atoms with Crippen LogP contribution in [0.25, 0.3) is 0 Å². The molecule has 2 fully saturated rings. The second kappa shape index (κ2) is 12.4. The second-order valence-corrected chi connectivity index (χ2v) is 10.6. The van der Waals surface area contributed by atoms with Crippen molar-refractivity contribution in [3.8, 4) is 0 Å². The average Bonchev–Trinajstić information content (AvgIpc) is 3.52. The highest BCUT2D eigenvalue weighted by atomic mass is 16.6. The summed E-state index contributed by atoms with van der Waals surface area (Å²) in [6.45, 7) is 13.2. The van der Waals surface area contributed by atoms with E-state index in [4.69, 9.17) is 14.2 Å². The molecule has 11 nitrogen and oxygen atoms in total. The fourth-order valence-corrected chi connectivity index (χ4v) is 4.40. The molecular weight excluding hydrogens is 470 g/mol. The molecule has 0 aromatic carbocycles. The minimum atomic E-state index is -1.01. The maximum absolute atomic E-state index is 13.4. The lowest BCUT2D eigenvalue weighted by Gasteiger charge is -2.35. The molecule has 204 valence electrons. The Morgan fingerprint density at radius 3 is 2.00 bits per heavy atom. The highest BCUT2D eigenvalue weighted by Crippen LogP contribution is 2.35. The van der Waals surface area contributed by atoms with Crippen molar-refractivity contribution >= 4 is 29.8 Å². The van der Waals surface area contributed by atoms with Crippen molar-refractivity contribution in [2.24, 2.45) is 11.8 Å². The average molecular weight is 512 g/mol. The molecule has 1 N–H and O–H groups in total. The first-order valence-corrected chi connectivity index (χ1v) is 12.7. The highest BCUT2D eigenvalue weighted by molar-refractivity contribution is 6.01. The third-order valence-electron chi connectivity index (χ3n) is 5.90. The Morgan fingerprint density at radius 2 is 1.53 bits per heavy atom. The molecule has 0 saturated carbocycles. The van der Waals surface area contributed by atoms with Gasteiger partial charge in [-0.15, -0.1) is 0 Å². The van der Waals surface area contributed by atoms with Gasteiger partial charge in [-0.3, -0.25) is 9.59 Å². The topological polar surface area (TPSA) is 131 Å². The van der Waals surface area contributed by atoms with Crippen LogP contribution in [0, 0.1) is 11.8 Å². The van der Waals surface area contributed by atoms with Crippen molar-refractivity contribution in [2.45, 2.75) is 91.5 Å². The van der Waals surface area contributed by atoms with Gasteiger partial charge in [0.1, 0.15) is 11.6 Å². The lowest BCUT2D eigenvalue weighted by Crippen LogP contribution is -2.53. The predicted molar refractivity (Wildman–Crippen MR) is 130 cm³/mol. The highest BCUT2D eigenvalue weighted by Gasteiger charge is 2.62. The number of hydrogen-bond acceptors (Lipinski definition) is 8. The van der Waals surface area contributed by atoms with E-state index < -0.39 is 47.7 Å². The zero-order valence-electron chi connectivity index (χ0n) is 22.5. The minimum absolute atomic E-state index is 0.126. The molecule has 0 bridgehead atoms. The Bertz CT molecular complexity index is 814. The van der Waals surface area contributed by atoms with Gasteiger partial charge in [-0.1, -0.05) is 13.8 Å². The molecule has 2 heterocycles. The van der Waals surface area contributed by atoms with E-state index in [-0.39, 0.29) is 37.5 Å². The smallest absolute Gasteiger partial charge is 0.408 e. The molecule has 0 aromatic rings. The number of esters is 2. The number of carbonyl (C=O) groups is 5. The Hall–Kier alpha value is -2.85. The fourth-order valence-electron chi connectivity index (χ4n) is 4.40. The standard InChI is InChI=1S/C25H41N3O8/c1-8-34-22(31)18-19(23(32)35-9-2)28(18)20(29)16-11-10-12-27(14-16)21(30)17(13-15(3)4)26-24(33)36-25(5,6)7/h15-19H,8-14H2,1-7H3,(H,26,33)/t16-,17-,18-,19-/m0/s1. The van der Waals surface area contributed by atoms with Gasteiger partial charge in [-0.05, 0) is 59.8 Å². The molecule has 3 amide bonds. The van der Waals surface area contributed by atoms with Gasteiger partial charge in [0.25, 0.3) is 0 Å². The van der Waals surface area contributed by atoms with Gasteiger partial charge in [0.2, 0.25) is 11.8 Å². The number of rotatable bonds is 9. The quantitative estimate of drug-likeness (QED) is 0.282. The summed E-state index contributed by atoms with van der Waals surface area (Å²) in [6, 6.07) is -2.82. The van der Waals surface area contributed by atoms with E-state index >= 15 is 0 Å². The number of nitrogens with one attached hydrogen (secondary N) is 1. The summed E-state index contributed by atoms with van der Waals surface area (Å²) in [5.41, 5.74) is -0.707. The van der Waals surface area contributed by atoms with Gasteiger partial charge in [-0.2, -0.15) is 0 Å². The molecule has 2 aliphatic rings. The van der Waals surface area contributed by atoms with Crippen LogP contribution >= 0.6 is 0 Å². The molecule has 0 aliphatic carbocycles. The van der Waals surface area contributed by atoms with E-state index in [0.29, 0.717) is 25.8 Å². The van der Waals surface area contributed by atoms with E-state index in [0.717, 1.165) is 0 Å². The van der Waals surface area contributed by atoms with Gasteiger partial charge in [-0.25, -0.2) is 14.4 Å². The van der Waals surface area contributed by atoms with Gasteiger partial charge >= 0.3 is 18.0 Å². The predicted octanol–water partition coefficient (Wildman–Crippen LogP) is 1.87. The SMILES string of the molecule is CCOC(=O)[C@@H]1[C@@H](C(=O)OCC)N1C(=O)[C@H]1CCCN(C(=O)[C@H](CC(C)C)NC(=O)OC(C)(C)C)C1. The summed E-state index contributed by atoms with van der Waals surface area (Å²) < 4.78 is 15.4. The Balaban J connectivity index is 2.12. The number of carbonyl (C=O) groups excluding carboxylic acids is 5. The number of likely N-dealkylation sites (tertiary alicyclic amines) is 1. The van der Waals surface area contributed by atoms with Crippen molar-refractivity contribution in [3.63, 3.8) is 0 Å². The zero-order valence-corrected chi connectivity index (χ0v) is 22.5. The van der Waals surface area contributed by atoms with Crippen LogP contribution < -0.4 is 5.32 Å². The van der Waals surface area contributed by atoms with Crippen LogP contribution in [0.2, 0.25) is 0 Å². The summed E-state index contributed by atoms with van der Waals surface area (Å²) in [5, 5.41) is 2.68. The van der Waals surface area contributed by atoms with E-state index in [2.05, 4.69) is 5.32 Å². The molecule has 4 atom stereocenters. The number of piperidine rings is 1. The molecule has 0 unspecified atom stereocenters. The monoisotopic (exact) mass is 511 g/mol. The van der Waals surface area contributed by atoms with Gasteiger partial charge < -0.3 is 29.3 Å². The van der Waals surface area contributed by atoms with E-state index in [9.17, 15) is 24.0 Å². The van der Waals surface area contributed by atoms with Crippen LogP contribution in [-0.4, -0.2) is 89.7 Å². The lowest BCUT2D eigenvalue weighted by molar-refractivity contribution is -0.147. The van der Waals surface area contributed by atoms with Crippen LogP contribution in [0.3, 0.4) is 0 Å². The summed E-state index contributed by atoms with van der Waals surface area (Å²) >= 11 is 0. The first-order chi connectivity index (χ1) is 16.8. The molecule has 2 rings (SSSR count). The van der Waals surface area contributed by atoms with Crippen LogP contribution in [0.1, 0.15) is 67.7 Å². The van der Waals surface area contributed by atoms with Crippen molar-refractivity contribution in [1.29, 1.82) is 0 Å².